The van der Waals surface area contributed by atoms with Gasteiger partial charge in [0.15, 0.2) is 0 Å². The Morgan fingerprint density at radius 1 is 1.13 bits per heavy atom. The normalized spacial score (nSPS) is 17.8. The molecule has 7 nitrogen and oxygen atoms in total. The number of rotatable bonds is 7. The molecule has 1 aliphatic rings. The Hall–Kier alpha value is -3.19. The molecule has 0 aliphatic carbocycles. The van der Waals surface area contributed by atoms with E-state index >= 15 is 0 Å². The summed E-state index contributed by atoms with van der Waals surface area (Å²) in [6.07, 6.45) is 1.50. The van der Waals surface area contributed by atoms with E-state index < -0.39 is 23.5 Å². The number of hydrogen-bond donors (Lipinski definition) is 2. The molecule has 0 radical (unpaired) electrons. The van der Waals surface area contributed by atoms with Gasteiger partial charge in [-0.1, -0.05) is 37.1 Å². The molecule has 0 bridgehead atoms. The van der Waals surface area contributed by atoms with Crippen molar-refractivity contribution in [2.24, 2.45) is 0 Å². The zero-order valence-corrected chi connectivity index (χ0v) is 18.3. The predicted octanol–water partition coefficient (Wildman–Crippen LogP) is 4.28. The van der Waals surface area contributed by atoms with Gasteiger partial charge in [-0.15, -0.1) is 0 Å². The number of unbranched alkanes of at least 4 members (excludes halogenated alkanes) is 1. The molecule has 1 aliphatic heterocycles. The van der Waals surface area contributed by atoms with E-state index in [2.05, 4.69) is 0 Å². The van der Waals surface area contributed by atoms with Crippen molar-refractivity contribution >= 4 is 29.1 Å². The number of ketones is 1. The SMILES string of the molecule is CCCCN1C(=O)C(=O)/C(=C(/O)c2cc(OC)c(Cl)cc2OC)C1c1cccc(O)c1. The highest BCUT2D eigenvalue weighted by atomic mass is 35.5. The van der Waals surface area contributed by atoms with Gasteiger partial charge in [0.05, 0.1) is 36.4 Å². The van der Waals surface area contributed by atoms with Gasteiger partial charge in [0.25, 0.3) is 11.7 Å². The fraction of sp³-hybridized carbons (Fsp3) is 0.304. The monoisotopic (exact) mass is 445 g/mol. The van der Waals surface area contributed by atoms with E-state index in [9.17, 15) is 19.8 Å². The van der Waals surface area contributed by atoms with Crippen molar-refractivity contribution in [2.45, 2.75) is 25.8 Å². The maximum atomic E-state index is 13.0. The zero-order valence-electron chi connectivity index (χ0n) is 17.5. The molecule has 1 fully saturated rings. The van der Waals surface area contributed by atoms with Gasteiger partial charge in [-0.05, 0) is 30.2 Å². The van der Waals surface area contributed by atoms with Crippen molar-refractivity contribution in [3.8, 4) is 17.2 Å². The number of benzene rings is 2. The summed E-state index contributed by atoms with van der Waals surface area (Å²) in [5.74, 6) is -1.43. The largest absolute Gasteiger partial charge is 0.508 e. The van der Waals surface area contributed by atoms with Gasteiger partial charge in [0.1, 0.15) is 23.0 Å². The minimum atomic E-state index is -0.856. The van der Waals surface area contributed by atoms with E-state index in [-0.39, 0.29) is 33.4 Å². The zero-order chi connectivity index (χ0) is 22.7. The van der Waals surface area contributed by atoms with Crippen molar-refractivity contribution in [3.05, 3.63) is 58.1 Å². The number of carbonyl (C=O) groups is 2. The van der Waals surface area contributed by atoms with Gasteiger partial charge in [-0.2, -0.15) is 0 Å². The third-order valence-electron chi connectivity index (χ3n) is 5.21. The molecule has 31 heavy (non-hydrogen) atoms. The molecule has 0 saturated carbocycles. The maximum Gasteiger partial charge on any atom is 0.295 e. The highest BCUT2D eigenvalue weighted by Gasteiger charge is 2.46. The van der Waals surface area contributed by atoms with E-state index in [0.717, 1.165) is 6.42 Å². The minimum Gasteiger partial charge on any atom is -0.508 e. The fourth-order valence-corrected chi connectivity index (χ4v) is 3.90. The van der Waals surface area contributed by atoms with Crippen LogP contribution in [0.3, 0.4) is 0 Å². The summed E-state index contributed by atoms with van der Waals surface area (Å²) in [6, 6.07) is 8.35. The van der Waals surface area contributed by atoms with Crippen LogP contribution >= 0.6 is 11.6 Å². The van der Waals surface area contributed by atoms with Crippen LogP contribution in [0.4, 0.5) is 0 Å². The number of carbonyl (C=O) groups excluding carboxylic acids is 2. The smallest absolute Gasteiger partial charge is 0.295 e. The first-order valence-corrected chi connectivity index (χ1v) is 10.2. The summed E-state index contributed by atoms with van der Waals surface area (Å²) in [5, 5.41) is 21.5. The highest BCUT2D eigenvalue weighted by molar-refractivity contribution is 6.46. The number of phenolic OH excluding ortho intramolecular Hbond substituents is 1. The average molecular weight is 446 g/mol. The van der Waals surface area contributed by atoms with Crippen LogP contribution in [0.25, 0.3) is 5.76 Å². The van der Waals surface area contributed by atoms with Crippen molar-refractivity contribution in [2.75, 3.05) is 20.8 Å². The molecule has 0 aromatic heterocycles. The van der Waals surface area contributed by atoms with E-state index in [1.54, 1.807) is 12.1 Å². The number of halogens is 1. The first-order chi connectivity index (χ1) is 14.8. The molecule has 164 valence electrons. The van der Waals surface area contributed by atoms with Gasteiger partial charge < -0.3 is 24.6 Å². The lowest BCUT2D eigenvalue weighted by Crippen LogP contribution is -2.30. The van der Waals surface area contributed by atoms with Crippen LogP contribution in [0.5, 0.6) is 17.2 Å². The van der Waals surface area contributed by atoms with Crippen molar-refractivity contribution < 1.29 is 29.3 Å². The van der Waals surface area contributed by atoms with Crippen molar-refractivity contribution in [1.82, 2.24) is 4.90 Å². The number of aliphatic hydroxyl groups excluding tert-OH is 1. The number of amides is 1. The van der Waals surface area contributed by atoms with Crippen LogP contribution in [0.1, 0.15) is 36.9 Å². The second-order valence-corrected chi connectivity index (χ2v) is 7.54. The second-order valence-electron chi connectivity index (χ2n) is 7.13. The molecule has 2 N–H and O–H groups in total. The number of phenols is 1. The number of likely N-dealkylation sites (tertiary alicyclic amines) is 1. The second kappa shape index (κ2) is 9.31. The summed E-state index contributed by atoms with van der Waals surface area (Å²) in [7, 11) is 2.83. The molecule has 2 aromatic carbocycles. The molecule has 1 heterocycles. The van der Waals surface area contributed by atoms with Crippen molar-refractivity contribution in [3.63, 3.8) is 0 Å². The molecule has 3 rings (SSSR count). The van der Waals surface area contributed by atoms with Crippen molar-refractivity contribution in [1.29, 1.82) is 0 Å². The van der Waals surface area contributed by atoms with E-state index in [0.29, 0.717) is 18.5 Å². The fourth-order valence-electron chi connectivity index (χ4n) is 3.67. The van der Waals surface area contributed by atoms with E-state index in [4.69, 9.17) is 21.1 Å². The van der Waals surface area contributed by atoms with Crippen LogP contribution < -0.4 is 9.47 Å². The van der Waals surface area contributed by atoms with Crippen LogP contribution in [0.15, 0.2) is 42.0 Å². The highest BCUT2D eigenvalue weighted by Crippen LogP contribution is 2.43. The number of Topliss-reactive ketones (excluding diaryl/α,β-unsaturated/α-hetero) is 1. The topological polar surface area (TPSA) is 96.3 Å². The molecule has 1 saturated heterocycles. The van der Waals surface area contributed by atoms with Gasteiger partial charge in [0.2, 0.25) is 0 Å². The minimum absolute atomic E-state index is 0.00989. The lowest BCUT2D eigenvalue weighted by atomic mass is 9.94. The molecule has 1 unspecified atom stereocenters. The third-order valence-corrected chi connectivity index (χ3v) is 5.50. The number of aliphatic hydroxyl groups is 1. The molecular weight excluding hydrogens is 422 g/mol. The molecule has 1 amide bonds. The first-order valence-electron chi connectivity index (χ1n) is 9.83. The Morgan fingerprint density at radius 2 is 1.84 bits per heavy atom. The van der Waals surface area contributed by atoms with Gasteiger partial charge in [0, 0.05) is 12.6 Å². The van der Waals surface area contributed by atoms with Gasteiger partial charge in [-0.25, -0.2) is 0 Å². The van der Waals surface area contributed by atoms with Gasteiger partial charge in [-0.3, -0.25) is 9.59 Å². The lowest BCUT2D eigenvalue weighted by molar-refractivity contribution is -0.139. The lowest BCUT2D eigenvalue weighted by Gasteiger charge is -2.25. The molecular formula is C23H24ClNO6. The molecule has 2 aromatic rings. The van der Waals surface area contributed by atoms with Crippen LogP contribution in [-0.2, 0) is 9.59 Å². The Labute approximate surface area is 185 Å². The Kier molecular flexibility index (Phi) is 6.75. The summed E-state index contributed by atoms with van der Waals surface area (Å²) in [4.78, 5) is 27.3. The Bertz CT molecular complexity index is 1050. The van der Waals surface area contributed by atoms with Gasteiger partial charge >= 0.3 is 0 Å². The molecule has 1 atom stereocenters. The number of hydrogen-bond acceptors (Lipinski definition) is 6. The molecule has 8 heteroatoms. The standard InChI is InChI=1S/C23H24ClNO6/c1-4-5-9-25-20(13-7-6-8-14(26)10-13)19(22(28)23(25)29)21(27)15-11-18(31-3)16(24)12-17(15)30-2/h6-8,10-12,20,26-27H,4-5,9H2,1-3H3/b21-19+. The Morgan fingerprint density at radius 3 is 2.45 bits per heavy atom. The van der Waals surface area contributed by atoms with Crippen LogP contribution in [-0.4, -0.2) is 47.6 Å². The molecule has 0 spiro atoms. The van der Waals surface area contributed by atoms with Crippen LogP contribution in [0.2, 0.25) is 5.02 Å². The summed E-state index contributed by atoms with van der Waals surface area (Å²) < 4.78 is 10.6. The summed E-state index contributed by atoms with van der Waals surface area (Å²) >= 11 is 6.16. The number of nitrogens with zero attached hydrogens (tertiary/aromatic N) is 1. The summed E-state index contributed by atoms with van der Waals surface area (Å²) in [6.45, 7) is 2.31. The van der Waals surface area contributed by atoms with Crippen LogP contribution in [0, 0.1) is 0 Å². The maximum absolute atomic E-state index is 13.0. The average Bonchev–Trinajstić information content (AvgIpc) is 3.01. The first kappa shape index (κ1) is 22.5. The Balaban J connectivity index is 2.26. The number of methoxy groups -OCH3 is 2. The number of aromatic hydroxyl groups is 1. The van der Waals surface area contributed by atoms with E-state index in [1.807, 2.05) is 6.92 Å². The predicted molar refractivity (Wildman–Crippen MR) is 117 cm³/mol. The van der Waals surface area contributed by atoms with E-state index in [1.165, 1.54) is 43.4 Å². The number of ether oxygens (including phenoxy) is 2. The summed E-state index contributed by atoms with van der Waals surface area (Å²) in [5.41, 5.74) is 0.591. The third kappa shape index (κ3) is 4.18. The quantitative estimate of drug-likeness (QED) is 0.375.